The number of carbonyl (C=O) groups is 1. The van der Waals surface area contributed by atoms with Gasteiger partial charge in [0.15, 0.2) is 0 Å². The lowest BCUT2D eigenvalue weighted by Gasteiger charge is -2.41. The van der Waals surface area contributed by atoms with Crippen LogP contribution in [0.3, 0.4) is 0 Å². The van der Waals surface area contributed by atoms with E-state index in [0.717, 1.165) is 31.5 Å². The lowest BCUT2D eigenvalue weighted by atomic mass is 9.96. The van der Waals surface area contributed by atoms with Gasteiger partial charge in [0, 0.05) is 37.7 Å². The first-order chi connectivity index (χ1) is 14.9. The van der Waals surface area contributed by atoms with Crippen LogP contribution in [-0.2, 0) is 4.79 Å². The minimum Gasteiger partial charge on any atom is -0.439 e. The van der Waals surface area contributed by atoms with Crippen molar-refractivity contribution < 1.29 is 13.9 Å². The van der Waals surface area contributed by atoms with Gasteiger partial charge in [-0.05, 0) is 50.5 Å². The molecule has 0 N–H and O–H groups in total. The summed E-state index contributed by atoms with van der Waals surface area (Å²) >= 11 is 0. The van der Waals surface area contributed by atoms with Crippen LogP contribution in [-0.4, -0.2) is 46.5 Å². The molecule has 2 atom stereocenters. The third-order valence-electron chi connectivity index (χ3n) is 5.96. The summed E-state index contributed by atoms with van der Waals surface area (Å²) in [6.45, 7) is 10.3. The molecular weight excluding hydrogens is 395 g/mol. The summed E-state index contributed by atoms with van der Waals surface area (Å²) in [6.07, 6.45) is 5.54. The van der Waals surface area contributed by atoms with E-state index < -0.39 is 0 Å². The monoisotopic (exact) mass is 428 g/mol. The van der Waals surface area contributed by atoms with E-state index in [4.69, 9.17) is 4.74 Å². The third kappa shape index (κ3) is 5.71. The molecule has 1 saturated heterocycles. The minimum absolute atomic E-state index is 0.107. The van der Waals surface area contributed by atoms with E-state index in [9.17, 15) is 9.18 Å². The van der Waals surface area contributed by atoms with E-state index in [1.807, 2.05) is 4.90 Å². The molecule has 0 spiro atoms. The van der Waals surface area contributed by atoms with Gasteiger partial charge in [-0.2, -0.15) is 0 Å². The van der Waals surface area contributed by atoms with E-state index in [1.54, 1.807) is 19.1 Å². The first-order valence-electron chi connectivity index (χ1n) is 11.2. The summed E-state index contributed by atoms with van der Waals surface area (Å²) in [7, 11) is 0. The largest absolute Gasteiger partial charge is 0.439 e. The van der Waals surface area contributed by atoms with Crippen LogP contribution in [0.5, 0.6) is 11.6 Å². The van der Waals surface area contributed by atoms with Gasteiger partial charge >= 0.3 is 0 Å². The number of carbonyl (C=O) groups excluding carboxylic acids is 1. The number of rotatable bonds is 8. The van der Waals surface area contributed by atoms with Crippen LogP contribution in [0.4, 0.5) is 10.2 Å². The fraction of sp³-hybridized carbons (Fsp3) is 0.542. The number of aryl methyl sites for hydroxylation is 1. The predicted octanol–water partition coefficient (Wildman–Crippen LogP) is 4.97. The fourth-order valence-electron chi connectivity index (χ4n) is 4.08. The van der Waals surface area contributed by atoms with Gasteiger partial charge in [-0.25, -0.2) is 14.4 Å². The van der Waals surface area contributed by atoms with Crippen LogP contribution in [0.25, 0.3) is 0 Å². The molecule has 1 aliphatic rings. The summed E-state index contributed by atoms with van der Waals surface area (Å²) < 4.78 is 19.2. The summed E-state index contributed by atoms with van der Waals surface area (Å²) in [6, 6.07) is 6.30. The van der Waals surface area contributed by atoms with Crippen molar-refractivity contribution in [3.63, 3.8) is 0 Å². The van der Waals surface area contributed by atoms with E-state index in [0.29, 0.717) is 36.8 Å². The number of unbranched alkanes of at least 4 members (excludes halogenated alkanes) is 1. The maximum Gasteiger partial charge on any atom is 0.226 e. The van der Waals surface area contributed by atoms with Crippen LogP contribution in [0.2, 0.25) is 0 Å². The van der Waals surface area contributed by atoms with Crippen molar-refractivity contribution in [1.82, 2.24) is 14.9 Å². The maximum absolute atomic E-state index is 13.3. The van der Waals surface area contributed by atoms with Crippen LogP contribution < -0.4 is 9.64 Å². The molecule has 7 heteroatoms. The Bertz CT molecular complexity index is 892. The highest BCUT2D eigenvalue weighted by Crippen LogP contribution is 2.27. The molecule has 6 nitrogen and oxygen atoms in total. The fourth-order valence-corrected chi connectivity index (χ4v) is 4.08. The molecule has 1 aliphatic heterocycles. The number of hydrogen-bond donors (Lipinski definition) is 0. The van der Waals surface area contributed by atoms with Crippen molar-refractivity contribution in [3.05, 3.63) is 42.0 Å². The average molecular weight is 429 g/mol. The number of hydrogen-bond acceptors (Lipinski definition) is 5. The zero-order chi connectivity index (χ0) is 22.4. The minimum atomic E-state index is -0.297. The quantitative estimate of drug-likeness (QED) is 0.594. The molecule has 168 valence electrons. The van der Waals surface area contributed by atoms with Crippen LogP contribution >= 0.6 is 0 Å². The average Bonchev–Trinajstić information content (AvgIpc) is 2.76. The van der Waals surface area contributed by atoms with E-state index in [1.165, 1.54) is 18.5 Å². The van der Waals surface area contributed by atoms with Crippen molar-refractivity contribution in [2.45, 2.75) is 59.4 Å². The molecule has 1 aromatic heterocycles. The molecule has 2 aromatic rings. The Hall–Kier alpha value is -2.70. The Labute approximate surface area is 184 Å². The number of anilines is 1. The van der Waals surface area contributed by atoms with Crippen LogP contribution in [0.15, 0.2) is 30.6 Å². The van der Waals surface area contributed by atoms with Gasteiger partial charge in [0.1, 0.15) is 23.7 Å². The molecule has 2 heterocycles. The molecule has 0 radical (unpaired) electrons. The number of piperazine rings is 1. The second-order valence-corrected chi connectivity index (χ2v) is 8.30. The van der Waals surface area contributed by atoms with Gasteiger partial charge in [0.25, 0.3) is 0 Å². The van der Waals surface area contributed by atoms with Gasteiger partial charge in [-0.1, -0.05) is 26.7 Å². The SMILES string of the molecule is CCCC[C@H](CC)C(=O)N1CCN(c2cc(Oc3ccc(F)cc3C)ncn2)C[C@H]1C. The van der Waals surface area contributed by atoms with Crippen molar-refractivity contribution in [3.8, 4) is 11.6 Å². The van der Waals surface area contributed by atoms with Crippen LogP contribution in [0, 0.1) is 18.7 Å². The Morgan fingerprint density at radius 2 is 2.06 bits per heavy atom. The van der Waals surface area contributed by atoms with Gasteiger partial charge in [0.2, 0.25) is 11.8 Å². The van der Waals surface area contributed by atoms with Crippen molar-refractivity contribution in [2.75, 3.05) is 24.5 Å². The maximum atomic E-state index is 13.3. The molecule has 31 heavy (non-hydrogen) atoms. The lowest BCUT2D eigenvalue weighted by Crippen LogP contribution is -2.55. The molecular formula is C24H33FN4O2. The Morgan fingerprint density at radius 3 is 2.74 bits per heavy atom. The number of ether oxygens (including phenoxy) is 1. The highest BCUT2D eigenvalue weighted by Gasteiger charge is 2.31. The molecule has 0 aliphatic carbocycles. The third-order valence-corrected chi connectivity index (χ3v) is 5.96. The van der Waals surface area contributed by atoms with E-state index in [-0.39, 0.29) is 23.7 Å². The lowest BCUT2D eigenvalue weighted by molar-refractivity contribution is -0.138. The topological polar surface area (TPSA) is 58.6 Å². The summed E-state index contributed by atoms with van der Waals surface area (Å²) in [5.74, 6) is 1.84. The summed E-state index contributed by atoms with van der Waals surface area (Å²) in [4.78, 5) is 25.8. The van der Waals surface area contributed by atoms with Crippen molar-refractivity contribution in [1.29, 1.82) is 0 Å². The Morgan fingerprint density at radius 1 is 1.26 bits per heavy atom. The summed E-state index contributed by atoms with van der Waals surface area (Å²) in [5.41, 5.74) is 0.703. The zero-order valence-electron chi connectivity index (χ0n) is 19.0. The first-order valence-corrected chi connectivity index (χ1v) is 11.2. The van der Waals surface area contributed by atoms with Crippen molar-refractivity contribution in [2.24, 2.45) is 5.92 Å². The standard InChI is InChI=1S/C24H33FN4O2/c1-5-7-8-19(6-2)24(30)29-12-11-28(15-18(29)4)22-14-23(27-16-26-22)31-21-10-9-20(25)13-17(21)3/h9-10,13-14,16,18-19H,5-8,11-12,15H2,1-4H3/t18-,19+/m1/s1. The smallest absolute Gasteiger partial charge is 0.226 e. The Kier molecular flexibility index (Phi) is 7.82. The van der Waals surface area contributed by atoms with Gasteiger partial charge < -0.3 is 14.5 Å². The Balaban J connectivity index is 1.66. The van der Waals surface area contributed by atoms with E-state index >= 15 is 0 Å². The molecule has 0 saturated carbocycles. The van der Waals surface area contributed by atoms with Gasteiger partial charge in [-0.15, -0.1) is 0 Å². The highest BCUT2D eigenvalue weighted by molar-refractivity contribution is 5.79. The van der Waals surface area contributed by atoms with Gasteiger partial charge in [0.05, 0.1) is 0 Å². The molecule has 3 rings (SSSR count). The van der Waals surface area contributed by atoms with E-state index in [2.05, 4.69) is 35.6 Å². The molecule has 0 bridgehead atoms. The number of benzene rings is 1. The predicted molar refractivity (Wildman–Crippen MR) is 120 cm³/mol. The number of aromatic nitrogens is 2. The second-order valence-electron chi connectivity index (χ2n) is 8.30. The first kappa shape index (κ1) is 23.0. The second kappa shape index (κ2) is 10.6. The molecule has 0 unspecified atom stereocenters. The van der Waals surface area contributed by atoms with Gasteiger partial charge in [-0.3, -0.25) is 4.79 Å². The normalized spacial score (nSPS) is 17.5. The molecule has 1 aromatic carbocycles. The number of amides is 1. The highest BCUT2D eigenvalue weighted by atomic mass is 19.1. The number of nitrogens with zero attached hydrogens (tertiary/aromatic N) is 4. The molecule has 1 fully saturated rings. The van der Waals surface area contributed by atoms with Crippen molar-refractivity contribution >= 4 is 11.7 Å². The summed E-state index contributed by atoms with van der Waals surface area (Å²) in [5, 5.41) is 0. The zero-order valence-corrected chi connectivity index (χ0v) is 19.0. The number of halogens is 1. The molecule has 1 amide bonds. The van der Waals surface area contributed by atoms with Crippen LogP contribution in [0.1, 0.15) is 52.0 Å².